The Labute approximate surface area is 112 Å². The van der Waals surface area contributed by atoms with Crippen LogP contribution in [0.25, 0.3) is 10.6 Å². The number of halogens is 2. The van der Waals surface area contributed by atoms with E-state index >= 15 is 0 Å². The fourth-order valence-corrected chi connectivity index (χ4v) is 3.11. The lowest BCUT2D eigenvalue weighted by atomic mass is 10.3. The molecule has 0 aromatic carbocycles. The first-order valence-corrected chi connectivity index (χ1v) is 6.51. The summed E-state index contributed by atoms with van der Waals surface area (Å²) in [6, 6.07) is 1.75. The van der Waals surface area contributed by atoms with Crippen LogP contribution in [-0.4, -0.2) is 18.1 Å². The van der Waals surface area contributed by atoms with E-state index in [0.717, 1.165) is 4.47 Å². The number of esters is 1. The highest BCUT2D eigenvalue weighted by Crippen LogP contribution is 2.37. The molecule has 2 rings (SSSR count). The number of nitrogens with zero attached hydrogens (tertiary/aromatic N) is 1. The Kier molecular flexibility index (Phi) is 3.46. The molecule has 2 aromatic heterocycles. The summed E-state index contributed by atoms with van der Waals surface area (Å²) in [4.78, 5) is 16.2. The highest BCUT2D eigenvalue weighted by molar-refractivity contribution is 9.11. The van der Waals surface area contributed by atoms with Gasteiger partial charge in [-0.05, 0) is 37.9 Å². The highest BCUT2D eigenvalue weighted by Gasteiger charge is 2.22. The molecule has 2 heterocycles. The van der Waals surface area contributed by atoms with Crippen molar-refractivity contribution in [3.05, 3.63) is 26.4 Å². The van der Waals surface area contributed by atoms with Gasteiger partial charge in [0.2, 0.25) is 0 Å². The predicted molar refractivity (Wildman–Crippen MR) is 66.6 cm³/mol. The van der Waals surface area contributed by atoms with Crippen LogP contribution in [0.4, 0.5) is 0 Å². The Morgan fingerprint density at radius 3 is 2.88 bits per heavy atom. The molecule has 0 saturated carbocycles. The number of rotatable bonds is 2. The molecule has 0 unspecified atom stereocenters. The smallest absolute Gasteiger partial charge is 0.358 e. The van der Waals surface area contributed by atoms with Crippen molar-refractivity contribution in [3.8, 4) is 10.6 Å². The van der Waals surface area contributed by atoms with Crippen molar-refractivity contribution in [2.45, 2.75) is 0 Å². The van der Waals surface area contributed by atoms with Gasteiger partial charge in [0.25, 0.3) is 0 Å². The Hall–Kier alpha value is -0.660. The van der Waals surface area contributed by atoms with Gasteiger partial charge in [-0.1, -0.05) is 0 Å². The molecule has 84 valence electrons. The molecule has 0 bridgehead atoms. The third-order valence-corrected chi connectivity index (χ3v) is 3.93. The molecule has 4 nitrogen and oxygen atoms in total. The monoisotopic (exact) mass is 365 g/mol. The summed E-state index contributed by atoms with van der Waals surface area (Å²) in [5.41, 5.74) is 0.245. The molecule has 0 atom stereocenters. The highest BCUT2D eigenvalue weighted by atomic mass is 79.9. The maximum Gasteiger partial charge on any atom is 0.358 e. The summed E-state index contributed by atoms with van der Waals surface area (Å²) >= 11 is 7.88. The SMILES string of the molecule is COC(=O)c1nc(Br)sc1-c1occc1Br. The maximum absolute atomic E-state index is 11.5. The normalized spacial score (nSPS) is 10.4. The minimum absolute atomic E-state index is 0.245. The van der Waals surface area contributed by atoms with Crippen LogP contribution in [-0.2, 0) is 4.74 Å². The molecular formula is C9H5Br2NO3S. The van der Waals surface area contributed by atoms with Crippen molar-refractivity contribution in [2.24, 2.45) is 0 Å². The Morgan fingerprint density at radius 2 is 2.31 bits per heavy atom. The van der Waals surface area contributed by atoms with Crippen molar-refractivity contribution in [1.29, 1.82) is 0 Å². The molecule has 0 fully saturated rings. The van der Waals surface area contributed by atoms with Gasteiger partial charge in [-0.3, -0.25) is 0 Å². The first-order valence-electron chi connectivity index (χ1n) is 4.11. The largest absolute Gasteiger partial charge is 0.464 e. The minimum Gasteiger partial charge on any atom is -0.464 e. The van der Waals surface area contributed by atoms with Crippen molar-refractivity contribution >= 4 is 49.2 Å². The Morgan fingerprint density at radius 1 is 1.56 bits per heavy atom. The second-order valence-electron chi connectivity index (χ2n) is 2.73. The molecule has 0 spiro atoms. The Balaban J connectivity index is 2.57. The zero-order chi connectivity index (χ0) is 11.7. The molecule has 16 heavy (non-hydrogen) atoms. The lowest BCUT2D eigenvalue weighted by Crippen LogP contribution is -2.02. The lowest BCUT2D eigenvalue weighted by Gasteiger charge is -1.97. The van der Waals surface area contributed by atoms with Gasteiger partial charge >= 0.3 is 5.97 Å². The van der Waals surface area contributed by atoms with Gasteiger partial charge in [-0.2, -0.15) is 0 Å². The van der Waals surface area contributed by atoms with Gasteiger partial charge in [0.05, 0.1) is 17.8 Å². The standard InChI is InChI=1S/C9H5Br2NO3S/c1-14-8(13)5-7(16-9(11)12-5)6-4(10)2-3-15-6/h2-3H,1H3. The van der Waals surface area contributed by atoms with E-state index in [0.29, 0.717) is 14.6 Å². The molecule has 0 aliphatic rings. The summed E-state index contributed by atoms with van der Waals surface area (Å²) in [5, 5.41) is 0. The molecule has 7 heteroatoms. The third kappa shape index (κ3) is 2.07. The first-order chi connectivity index (χ1) is 7.63. The quantitative estimate of drug-likeness (QED) is 0.760. The molecule has 0 saturated heterocycles. The Bertz CT molecular complexity index is 535. The topological polar surface area (TPSA) is 52.3 Å². The van der Waals surface area contributed by atoms with Crippen LogP contribution < -0.4 is 0 Å². The number of aromatic nitrogens is 1. The van der Waals surface area contributed by atoms with E-state index in [4.69, 9.17) is 4.42 Å². The van der Waals surface area contributed by atoms with Gasteiger partial charge in [0.15, 0.2) is 15.4 Å². The van der Waals surface area contributed by atoms with Crippen molar-refractivity contribution in [2.75, 3.05) is 7.11 Å². The number of ether oxygens (including phenoxy) is 1. The van der Waals surface area contributed by atoms with E-state index < -0.39 is 5.97 Å². The lowest BCUT2D eigenvalue weighted by molar-refractivity contribution is 0.0595. The fourth-order valence-electron chi connectivity index (χ4n) is 1.14. The number of methoxy groups -OCH3 is 1. The summed E-state index contributed by atoms with van der Waals surface area (Å²) in [7, 11) is 1.32. The first kappa shape index (κ1) is 11.8. The van der Waals surface area contributed by atoms with Crippen LogP contribution in [0.15, 0.2) is 25.1 Å². The number of hydrogen-bond donors (Lipinski definition) is 0. The minimum atomic E-state index is -0.486. The van der Waals surface area contributed by atoms with Crippen LogP contribution in [0, 0.1) is 0 Å². The van der Waals surface area contributed by atoms with Crippen molar-refractivity contribution < 1.29 is 13.9 Å². The number of furan rings is 1. The summed E-state index contributed by atoms with van der Waals surface area (Å²) in [6.45, 7) is 0. The second kappa shape index (κ2) is 4.68. The molecule has 2 aromatic rings. The fraction of sp³-hybridized carbons (Fsp3) is 0.111. The molecule has 0 N–H and O–H groups in total. The van der Waals surface area contributed by atoms with Crippen molar-refractivity contribution in [3.63, 3.8) is 0 Å². The van der Waals surface area contributed by atoms with Gasteiger partial charge in [0, 0.05) is 0 Å². The summed E-state index contributed by atoms with van der Waals surface area (Å²) in [5.74, 6) is 0.0869. The van der Waals surface area contributed by atoms with E-state index in [1.807, 2.05) is 0 Å². The van der Waals surface area contributed by atoms with Crippen molar-refractivity contribution in [1.82, 2.24) is 4.98 Å². The predicted octanol–water partition coefficient (Wildman–Crippen LogP) is 3.71. The molecule has 0 aliphatic carbocycles. The van der Waals surface area contributed by atoms with Gasteiger partial charge in [-0.25, -0.2) is 9.78 Å². The number of carbonyl (C=O) groups is 1. The van der Waals surface area contributed by atoms with E-state index in [1.165, 1.54) is 24.7 Å². The number of thiazole rings is 1. The van der Waals surface area contributed by atoms with Crippen LogP contribution in [0.2, 0.25) is 0 Å². The van der Waals surface area contributed by atoms with Gasteiger partial charge in [0.1, 0.15) is 4.88 Å². The van der Waals surface area contributed by atoms with E-state index in [1.54, 1.807) is 6.07 Å². The molecule has 0 amide bonds. The van der Waals surface area contributed by atoms with Crippen LogP contribution in [0.3, 0.4) is 0 Å². The third-order valence-electron chi connectivity index (χ3n) is 1.80. The second-order valence-corrected chi connectivity index (χ2v) is 5.86. The maximum atomic E-state index is 11.5. The average Bonchev–Trinajstić information content (AvgIpc) is 2.83. The zero-order valence-corrected chi connectivity index (χ0v) is 12.0. The number of carbonyl (C=O) groups excluding carboxylic acids is 1. The molecule has 0 radical (unpaired) electrons. The average molecular weight is 367 g/mol. The van der Waals surface area contributed by atoms with Gasteiger partial charge in [-0.15, -0.1) is 11.3 Å². The van der Waals surface area contributed by atoms with Crippen LogP contribution in [0.1, 0.15) is 10.5 Å². The summed E-state index contributed by atoms with van der Waals surface area (Å²) in [6.07, 6.45) is 1.54. The van der Waals surface area contributed by atoms with Crippen LogP contribution in [0.5, 0.6) is 0 Å². The van der Waals surface area contributed by atoms with E-state index in [-0.39, 0.29) is 5.69 Å². The molecular weight excluding hydrogens is 362 g/mol. The molecule has 0 aliphatic heterocycles. The van der Waals surface area contributed by atoms with E-state index in [2.05, 4.69) is 41.6 Å². The van der Waals surface area contributed by atoms with Crippen LogP contribution >= 0.6 is 43.2 Å². The summed E-state index contributed by atoms with van der Waals surface area (Å²) < 4.78 is 11.3. The number of hydrogen-bond acceptors (Lipinski definition) is 5. The zero-order valence-electron chi connectivity index (χ0n) is 7.99. The van der Waals surface area contributed by atoms with Gasteiger partial charge < -0.3 is 9.15 Å². The van der Waals surface area contributed by atoms with E-state index in [9.17, 15) is 4.79 Å².